The Morgan fingerprint density at radius 1 is 0.737 bits per heavy atom. The van der Waals surface area contributed by atoms with E-state index < -0.39 is 65.5 Å². The Hall–Kier alpha value is -3.38. The van der Waals surface area contributed by atoms with Gasteiger partial charge >= 0.3 is 12.1 Å². The third-order valence-corrected chi connectivity index (χ3v) is 5.10. The lowest BCUT2D eigenvalue weighted by Crippen LogP contribution is -2.57. The van der Waals surface area contributed by atoms with Crippen LogP contribution in [0.5, 0.6) is 0 Å². The Morgan fingerprint density at radius 3 is 1.61 bits per heavy atom. The Balaban J connectivity index is 5.41. The minimum absolute atomic E-state index is 0.0423. The van der Waals surface area contributed by atoms with Gasteiger partial charge < -0.3 is 36.8 Å². The molecule has 0 aliphatic heterocycles. The van der Waals surface area contributed by atoms with Gasteiger partial charge in [0.25, 0.3) is 0 Å². The second-order valence-corrected chi connectivity index (χ2v) is 11.2. The van der Waals surface area contributed by atoms with Crippen molar-refractivity contribution in [2.75, 3.05) is 0 Å². The highest BCUT2D eigenvalue weighted by atomic mass is 16.6. The Labute approximate surface area is 224 Å². The van der Waals surface area contributed by atoms with Crippen LogP contribution >= 0.6 is 0 Å². The number of rotatable bonds is 15. The van der Waals surface area contributed by atoms with Crippen molar-refractivity contribution in [3.8, 4) is 0 Å². The molecule has 0 aromatic heterocycles. The smallest absolute Gasteiger partial charge is 0.408 e. The number of primary amides is 1. The molecule has 7 N–H and O–H groups in total. The molecule has 4 unspecified atom stereocenters. The zero-order chi connectivity index (χ0) is 29.8. The van der Waals surface area contributed by atoms with E-state index in [1.54, 1.807) is 20.8 Å². The predicted octanol–water partition coefficient (Wildman–Crippen LogP) is 0.796. The van der Waals surface area contributed by atoms with Crippen LogP contribution in [0.1, 0.15) is 81.1 Å². The number of hydrogen-bond acceptors (Lipinski definition) is 7. The van der Waals surface area contributed by atoms with Crippen molar-refractivity contribution in [1.29, 1.82) is 0 Å². The molecule has 4 atom stereocenters. The molecule has 0 aromatic rings. The topological polar surface area (TPSA) is 206 Å². The van der Waals surface area contributed by atoms with Crippen molar-refractivity contribution in [1.82, 2.24) is 21.3 Å². The van der Waals surface area contributed by atoms with E-state index in [2.05, 4.69) is 21.3 Å². The molecule has 0 fully saturated rings. The highest BCUT2D eigenvalue weighted by Gasteiger charge is 2.31. The molecule has 0 aliphatic rings. The minimum atomic E-state index is -1.37. The molecule has 0 aliphatic carbocycles. The third-order valence-electron chi connectivity index (χ3n) is 5.10. The molecule has 5 amide bonds. The van der Waals surface area contributed by atoms with E-state index >= 15 is 0 Å². The van der Waals surface area contributed by atoms with Crippen LogP contribution in [0.4, 0.5) is 4.79 Å². The summed E-state index contributed by atoms with van der Waals surface area (Å²) in [7, 11) is 0. The number of carbonyl (C=O) groups is 6. The molecule has 13 heteroatoms. The van der Waals surface area contributed by atoms with E-state index in [0.29, 0.717) is 6.42 Å². The highest BCUT2D eigenvalue weighted by Crippen LogP contribution is 2.11. The Bertz CT molecular complexity index is 853. The van der Waals surface area contributed by atoms with E-state index in [-0.39, 0.29) is 31.1 Å². The minimum Gasteiger partial charge on any atom is -0.480 e. The fraction of sp³-hybridized carbons (Fsp3) is 0.760. The van der Waals surface area contributed by atoms with Gasteiger partial charge in [-0.3, -0.25) is 19.2 Å². The van der Waals surface area contributed by atoms with Gasteiger partial charge in [0.05, 0.1) is 0 Å². The van der Waals surface area contributed by atoms with Crippen LogP contribution in [0.25, 0.3) is 0 Å². The number of carboxylic acid groups (broad SMARTS) is 1. The summed E-state index contributed by atoms with van der Waals surface area (Å²) >= 11 is 0. The molecular weight excluding hydrogens is 498 g/mol. The maximum Gasteiger partial charge on any atom is 0.408 e. The second-order valence-electron chi connectivity index (χ2n) is 11.2. The third kappa shape index (κ3) is 15.0. The van der Waals surface area contributed by atoms with Crippen LogP contribution in [0, 0.1) is 11.8 Å². The van der Waals surface area contributed by atoms with Crippen molar-refractivity contribution < 1.29 is 38.6 Å². The van der Waals surface area contributed by atoms with Gasteiger partial charge in [0.1, 0.15) is 29.8 Å². The van der Waals surface area contributed by atoms with Crippen LogP contribution in [-0.4, -0.2) is 70.6 Å². The Morgan fingerprint density at radius 2 is 1.18 bits per heavy atom. The zero-order valence-electron chi connectivity index (χ0n) is 23.7. The summed E-state index contributed by atoms with van der Waals surface area (Å²) in [5.74, 6) is -4.08. The van der Waals surface area contributed by atoms with Crippen molar-refractivity contribution in [2.24, 2.45) is 17.6 Å². The van der Waals surface area contributed by atoms with Gasteiger partial charge in [-0.15, -0.1) is 0 Å². The molecule has 0 bridgehead atoms. The summed E-state index contributed by atoms with van der Waals surface area (Å²) in [4.78, 5) is 73.3. The average molecular weight is 544 g/mol. The molecule has 13 nitrogen and oxygen atoms in total. The van der Waals surface area contributed by atoms with Gasteiger partial charge in [-0.05, 0) is 58.8 Å². The van der Waals surface area contributed by atoms with Crippen LogP contribution < -0.4 is 27.0 Å². The van der Waals surface area contributed by atoms with E-state index in [1.807, 2.05) is 27.7 Å². The first-order valence-corrected chi connectivity index (χ1v) is 12.7. The van der Waals surface area contributed by atoms with E-state index in [1.165, 1.54) is 6.92 Å². The molecule has 38 heavy (non-hydrogen) atoms. The molecule has 0 heterocycles. The van der Waals surface area contributed by atoms with Gasteiger partial charge in [-0.1, -0.05) is 27.7 Å². The van der Waals surface area contributed by atoms with E-state index in [4.69, 9.17) is 10.5 Å². The van der Waals surface area contributed by atoms with Gasteiger partial charge in [0.15, 0.2) is 0 Å². The fourth-order valence-electron chi connectivity index (χ4n) is 3.35. The number of aliphatic carboxylic acids is 1. The quantitative estimate of drug-likeness (QED) is 0.174. The summed E-state index contributed by atoms with van der Waals surface area (Å²) in [5.41, 5.74) is 4.31. The largest absolute Gasteiger partial charge is 0.480 e. The lowest BCUT2D eigenvalue weighted by Gasteiger charge is -2.26. The molecule has 218 valence electrons. The molecule has 0 saturated heterocycles. The number of carbonyl (C=O) groups excluding carboxylic acids is 5. The van der Waals surface area contributed by atoms with Crippen molar-refractivity contribution in [3.63, 3.8) is 0 Å². The molecule has 0 saturated carbocycles. The summed E-state index contributed by atoms with van der Waals surface area (Å²) in [6.07, 6.45) is -0.729. The van der Waals surface area contributed by atoms with Crippen molar-refractivity contribution >= 4 is 35.7 Å². The van der Waals surface area contributed by atoms with Gasteiger partial charge in [0.2, 0.25) is 23.6 Å². The summed E-state index contributed by atoms with van der Waals surface area (Å²) in [5, 5.41) is 19.3. The zero-order valence-corrected chi connectivity index (χ0v) is 23.7. The molecule has 0 aromatic carbocycles. The molecule has 0 rings (SSSR count). The van der Waals surface area contributed by atoms with Gasteiger partial charge in [-0.25, -0.2) is 9.59 Å². The predicted molar refractivity (Wildman–Crippen MR) is 140 cm³/mol. The van der Waals surface area contributed by atoms with Crippen LogP contribution in [-0.2, 0) is 28.7 Å². The van der Waals surface area contributed by atoms with Crippen molar-refractivity contribution in [3.05, 3.63) is 0 Å². The number of nitrogens with two attached hydrogens (primary N) is 1. The first-order chi connectivity index (χ1) is 17.3. The van der Waals surface area contributed by atoms with E-state index in [0.717, 1.165) is 0 Å². The number of nitrogens with one attached hydrogen (secondary N) is 4. The van der Waals surface area contributed by atoms with E-state index in [9.17, 15) is 33.9 Å². The fourth-order valence-corrected chi connectivity index (χ4v) is 3.35. The highest BCUT2D eigenvalue weighted by molar-refractivity contribution is 5.94. The number of alkyl carbamates (subject to hydrolysis) is 1. The monoisotopic (exact) mass is 543 g/mol. The van der Waals surface area contributed by atoms with Crippen molar-refractivity contribution in [2.45, 2.75) is 111 Å². The number of amides is 5. The van der Waals surface area contributed by atoms with Crippen LogP contribution in [0.2, 0.25) is 0 Å². The first kappa shape index (κ1) is 34.6. The SMILES string of the molecule is CC(C)CC(NC(=O)OC(C)(C)C)C(=O)NC(C)C(=O)NC(CC(C)C)C(=O)NC(CCC(N)=O)C(=O)O. The molecule has 0 radical (unpaired) electrons. The van der Waals surface area contributed by atoms with Crippen LogP contribution in [0.3, 0.4) is 0 Å². The standard InChI is InChI=1S/C25H45N5O8/c1-13(2)11-17(22(34)28-16(23(35)36)9-10-19(26)31)29-20(32)15(5)27-21(33)18(12-14(3)4)30-24(37)38-25(6,7)8/h13-18H,9-12H2,1-8H3,(H2,26,31)(H,27,33)(H,28,34)(H,29,32)(H,30,37)(H,35,36). The molecule has 0 spiro atoms. The summed E-state index contributed by atoms with van der Waals surface area (Å²) in [6, 6.07) is -4.50. The number of hydrogen-bond donors (Lipinski definition) is 6. The lowest BCUT2D eigenvalue weighted by atomic mass is 10.0. The maximum absolute atomic E-state index is 12.9. The lowest BCUT2D eigenvalue weighted by molar-refractivity contribution is -0.142. The van der Waals surface area contributed by atoms with Gasteiger partial charge in [0, 0.05) is 6.42 Å². The maximum atomic E-state index is 12.9. The summed E-state index contributed by atoms with van der Waals surface area (Å²) < 4.78 is 5.23. The normalized spacial score (nSPS) is 14.6. The number of carboxylic acids is 1. The average Bonchev–Trinajstić information content (AvgIpc) is 2.72. The Kier molecular flexibility index (Phi) is 14.4. The van der Waals surface area contributed by atoms with Crippen LogP contribution in [0.15, 0.2) is 0 Å². The second kappa shape index (κ2) is 15.8. The van der Waals surface area contributed by atoms with Gasteiger partial charge in [-0.2, -0.15) is 0 Å². The molecular formula is C25H45N5O8. The summed E-state index contributed by atoms with van der Waals surface area (Å²) in [6.45, 7) is 13.9. The number of ether oxygens (including phenoxy) is 1. The first-order valence-electron chi connectivity index (χ1n) is 12.7.